The second-order valence-electron chi connectivity index (χ2n) is 6.10. The molecule has 0 aromatic rings. The molecule has 2 heteroatoms. The van der Waals surface area contributed by atoms with Crippen LogP contribution in [0, 0.1) is 11.8 Å². The highest BCUT2D eigenvalue weighted by Crippen LogP contribution is 2.28. The van der Waals surface area contributed by atoms with Crippen LogP contribution < -0.4 is 0 Å². The smallest absolute Gasteiger partial charge is 0.155 e. The minimum Gasteiger partial charge on any atom is -0.297 e. The van der Waals surface area contributed by atoms with E-state index in [0.29, 0.717) is 17.7 Å². The molecule has 0 bridgehead atoms. The zero-order chi connectivity index (χ0) is 13.1. The highest BCUT2D eigenvalue weighted by Gasteiger charge is 2.39. The summed E-state index contributed by atoms with van der Waals surface area (Å²) < 4.78 is 0. The van der Waals surface area contributed by atoms with Gasteiger partial charge in [-0.3, -0.25) is 9.69 Å². The molecule has 0 aliphatic rings. The van der Waals surface area contributed by atoms with E-state index in [4.69, 9.17) is 0 Å². The third-order valence-corrected chi connectivity index (χ3v) is 3.41. The molecule has 0 aromatic heterocycles. The van der Waals surface area contributed by atoms with Crippen LogP contribution in [0.1, 0.15) is 54.9 Å². The Morgan fingerprint density at radius 1 is 1.12 bits per heavy atom. The van der Waals surface area contributed by atoms with Gasteiger partial charge in [-0.1, -0.05) is 27.7 Å². The summed E-state index contributed by atoms with van der Waals surface area (Å²) in [5.41, 5.74) is -0.323. The first-order chi connectivity index (χ1) is 7.12. The summed E-state index contributed by atoms with van der Waals surface area (Å²) in [4.78, 5) is 14.6. The Bertz CT molecular complexity index is 233. The van der Waals surface area contributed by atoms with Gasteiger partial charge in [0.05, 0.1) is 5.54 Å². The molecule has 0 rings (SSSR count). The van der Waals surface area contributed by atoms with Crippen molar-refractivity contribution in [1.29, 1.82) is 0 Å². The van der Waals surface area contributed by atoms with E-state index in [1.54, 1.807) is 0 Å². The Morgan fingerprint density at radius 2 is 1.56 bits per heavy atom. The summed E-state index contributed by atoms with van der Waals surface area (Å²) >= 11 is 0. The van der Waals surface area contributed by atoms with Gasteiger partial charge in [0.2, 0.25) is 0 Å². The normalized spacial score (nSPS) is 16.2. The molecule has 0 aliphatic heterocycles. The van der Waals surface area contributed by atoms with Crippen LogP contribution in [-0.2, 0) is 4.79 Å². The first-order valence-electron chi connectivity index (χ1n) is 6.40. The molecule has 0 saturated heterocycles. The zero-order valence-corrected chi connectivity index (χ0v) is 12.3. The average molecular weight is 227 g/mol. The zero-order valence-electron chi connectivity index (χ0n) is 12.3. The maximum atomic E-state index is 12.4. The van der Waals surface area contributed by atoms with Crippen molar-refractivity contribution in [2.75, 3.05) is 7.05 Å². The van der Waals surface area contributed by atoms with Crippen molar-refractivity contribution < 1.29 is 4.79 Å². The van der Waals surface area contributed by atoms with Crippen LogP contribution in [0.4, 0.5) is 0 Å². The number of nitrogens with zero attached hydrogens (tertiary/aromatic N) is 1. The van der Waals surface area contributed by atoms with Gasteiger partial charge in [0.15, 0.2) is 5.78 Å². The second kappa shape index (κ2) is 5.81. The van der Waals surface area contributed by atoms with Crippen LogP contribution in [0.15, 0.2) is 0 Å². The molecule has 0 N–H and O–H groups in total. The van der Waals surface area contributed by atoms with Gasteiger partial charge >= 0.3 is 0 Å². The predicted molar refractivity (Wildman–Crippen MR) is 70.6 cm³/mol. The molecule has 16 heavy (non-hydrogen) atoms. The van der Waals surface area contributed by atoms with E-state index in [0.717, 1.165) is 6.42 Å². The Kier molecular flexibility index (Phi) is 5.67. The highest BCUT2D eigenvalue weighted by atomic mass is 16.1. The minimum absolute atomic E-state index is 0.102. The third kappa shape index (κ3) is 3.58. The molecule has 0 saturated carbocycles. The van der Waals surface area contributed by atoms with Gasteiger partial charge in [-0.2, -0.15) is 0 Å². The standard InChI is InChI=1S/C14H29NO/c1-10(2)9-14(7,13(16)11(3)4)15(8)12(5)6/h10-12H,9H2,1-8H3. The summed E-state index contributed by atoms with van der Waals surface area (Å²) in [6.45, 7) is 14.7. The fourth-order valence-corrected chi connectivity index (χ4v) is 2.41. The third-order valence-electron chi connectivity index (χ3n) is 3.41. The molecule has 0 heterocycles. The van der Waals surface area contributed by atoms with Crippen molar-refractivity contribution in [3.05, 3.63) is 0 Å². The van der Waals surface area contributed by atoms with E-state index in [9.17, 15) is 4.79 Å². The Hall–Kier alpha value is -0.370. The molecule has 2 nitrogen and oxygen atoms in total. The number of Topliss-reactive ketones (excluding diaryl/α,β-unsaturated/α-hetero) is 1. The van der Waals surface area contributed by atoms with Crippen molar-refractivity contribution in [3.8, 4) is 0 Å². The van der Waals surface area contributed by atoms with Crippen molar-refractivity contribution in [3.63, 3.8) is 0 Å². The number of ketones is 1. The Labute approximate surface area is 101 Å². The summed E-state index contributed by atoms with van der Waals surface area (Å²) in [6, 6.07) is 0.395. The lowest BCUT2D eigenvalue weighted by molar-refractivity contribution is -0.135. The van der Waals surface area contributed by atoms with E-state index in [2.05, 4.69) is 46.6 Å². The maximum Gasteiger partial charge on any atom is 0.155 e. The largest absolute Gasteiger partial charge is 0.297 e. The van der Waals surface area contributed by atoms with E-state index in [1.165, 1.54) is 0 Å². The van der Waals surface area contributed by atoms with Crippen LogP contribution in [0.5, 0.6) is 0 Å². The van der Waals surface area contributed by atoms with Crippen molar-refractivity contribution in [1.82, 2.24) is 4.90 Å². The molecular weight excluding hydrogens is 198 g/mol. The quantitative estimate of drug-likeness (QED) is 0.693. The highest BCUT2D eigenvalue weighted by molar-refractivity contribution is 5.89. The SMILES string of the molecule is CC(C)CC(C)(C(=O)C(C)C)N(C)C(C)C. The van der Waals surface area contributed by atoms with Gasteiger partial charge in [-0.05, 0) is 40.2 Å². The molecule has 0 fully saturated rings. The molecule has 1 unspecified atom stereocenters. The molecular formula is C14H29NO. The molecule has 0 amide bonds. The summed E-state index contributed by atoms with van der Waals surface area (Å²) in [7, 11) is 2.06. The number of carbonyl (C=O) groups excluding carboxylic acids is 1. The van der Waals surface area contributed by atoms with Crippen LogP contribution >= 0.6 is 0 Å². The fourth-order valence-electron chi connectivity index (χ4n) is 2.41. The van der Waals surface area contributed by atoms with Gasteiger partial charge in [0.25, 0.3) is 0 Å². The minimum atomic E-state index is -0.323. The number of hydrogen-bond donors (Lipinski definition) is 0. The lowest BCUT2D eigenvalue weighted by Crippen LogP contribution is -2.55. The van der Waals surface area contributed by atoms with Gasteiger partial charge in [-0.25, -0.2) is 0 Å². The Balaban J connectivity index is 5.10. The average Bonchev–Trinajstić information content (AvgIpc) is 2.13. The van der Waals surface area contributed by atoms with E-state index in [-0.39, 0.29) is 11.5 Å². The molecule has 0 spiro atoms. The van der Waals surface area contributed by atoms with E-state index in [1.807, 2.05) is 13.8 Å². The van der Waals surface area contributed by atoms with Crippen molar-refractivity contribution in [2.45, 2.75) is 66.5 Å². The van der Waals surface area contributed by atoms with Crippen LogP contribution in [0.2, 0.25) is 0 Å². The van der Waals surface area contributed by atoms with Gasteiger partial charge in [0.1, 0.15) is 0 Å². The van der Waals surface area contributed by atoms with Crippen LogP contribution in [0.3, 0.4) is 0 Å². The predicted octanol–water partition coefficient (Wildman–Crippen LogP) is 3.36. The van der Waals surface area contributed by atoms with Crippen LogP contribution in [-0.4, -0.2) is 29.3 Å². The molecule has 1 atom stereocenters. The topological polar surface area (TPSA) is 20.3 Å². The van der Waals surface area contributed by atoms with Crippen LogP contribution in [0.25, 0.3) is 0 Å². The summed E-state index contributed by atoms with van der Waals surface area (Å²) in [5, 5.41) is 0. The lowest BCUT2D eigenvalue weighted by atomic mass is 9.80. The molecule has 0 aromatic carbocycles. The molecule has 0 radical (unpaired) electrons. The lowest BCUT2D eigenvalue weighted by Gasteiger charge is -2.42. The summed E-state index contributed by atoms with van der Waals surface area (Å²) in [6.07, 6.45) is 0.929. The van der Waals surface area contributed by atoms with Gasteiger partial charge in [-0.15, -0.1) is 0 Å². The fraction of sp³-hybridized carbons (Fsp3) is 0.929. The number of hydrogen-bond acceptors (Lipinski definition) is 2. The maximum absolute atomic E-state index is 12.4. The van der Waals surface area contributed by atoms with Gasteiger partial charge in [0, 0.05) is 12.0 Å². The van der Waals surface area contributed by atoms with Crippen molar-refractivity contribution >= 4 is 5.78 Å². The number of likely N-dealkylation sites (N-methyl/N-ethyl adjacent to an activating group) is 1. The number of carbonyl (C=O) groups is 1. The molecule has 0 aliphatic carbocycles. The van der Waals surface area contributed by atoms with E-state index >= 15 is 0 Å². The van der Waals surface area contributed by atoms with Crippen molar-refractivity contribution in [2.24, 2.45) is 11.8 Å². The summed E-state index contributed by atoms with van der Waals surface area (Å²) in [5.74, 6) is 0.997. The first kappa shape index (κ1) is 15.6. The first-order valence-corrected chi connectivity index (χ1v) is 6.40. The second-order valence-corrected chi connectivity index (χ2v) is 6.10. The molecule has 96 valence electrons. The Morgan fingerprint density at radius 3 is 1.81 bits per heavy atom. The monoisotopic (exact) mass is 227 g/mol. The van der Waals surface area contributed by atoms with E-state index < -0.39 is 0 Å². The van der Waals surface area contributed by atoms with Gasteiger partial charge < -0.3 is 0 Å². The number of rotatable bonds is 6.